The summed E-state index contributed by atoms with van der Waals surface area (Å²) in [7, 11) is 1.87. The largest absolute Gasteiger partial charge is 0.343 e. The van der Waals surface area contributed by atoms with Crippen LogP contribution in [0.1, 0.15) is 32.4 Å². The number of carbonyl (C=O) groups excluding carboxylic acids is 1. The van der Waals surface area contributed by atoms with Crippen LogP contribution < -0.4 is 5.73 Å². The maximum absolute atomic E-state index is 12.5. The van der Waals surface area contributed by atoms with Crippen LogP contribution in [-0.4, -0.2) is 47.4 Å². The van der Waals surface area contributed by atoms with E-state index in [1.807, 2.05) is 46.0 Å². The van der Waals surface area contributed by atoms with Crippen molar-refractivity contribution in [3.05, 3.63) is 35.9 Å². The lowest BCUT2D eigenvalue weighted by Crippen LogP contribution is -2.64. The monoisotopic (exact) mass is 275 g/mol. The zero-order chi connectivity index (χ0) is 14.9. The SMILES string of the molecule is CC(N)C(c1ccccc1)N1CCN(C)C(=O)C1(C)C. The molecule has 1 aromatic carbocycles. The molecule has 1 aliphatic heterocycles. The Morgan fingerprint density at radius 1 is 1.20 bits per heavy atom. The second-order valence-electron chi connectivity index (χ2n) is 6.19. The summed E-state index contributed by atoms with van der Waals surface area (Å²) in [5.74, 6) is 0.158. The number of hydrogen-bond acceptors (Lipinski definition) is 3. The average Bonchev–Trinajstić information content (AvgIpc) is 2.40. The molecule has 0 saturated carbocycles. The lowest BCUT2D eigenvalue weighted by molar-refractivity contribution is -0.150. The molecule has 1 amide bonds. The van der Waals surface area contributed by atoms with E-state index in [4.69, 9.17) is 5.73 Å². The number of benzene rings is 1. The summed E-state index contributed by atoms with van der Waals surface area (Å²) in [6, 6.07) is 10.3. The van der Waals surface area contributed by atoms with Gasteiger partial charge in [0.1, 0.15) is 0 Å². The standard InChI is InChI=1S/C16H25N3O/c1-12(17)14(13-8-6-5-7-9-13)19-11-10-18(4)15(20)16(19,2)3/h5-9,12,14H,10-11,17H2,1-4H3. The first-order valence-corrected chi connectivity index (χ1v) is 7.18. The first kappa shape index (κ1) is 15.0. The van der Waals surface area contributed by atoms with Crippen molar-refractivity contribution in [2.75, 3.05) is 20.1 Å². The highest BCUT2D eigenvalue weighted by molar-refractivity contribution is 5.86. The topological polar surface area (TPSA) is 49.6 Å². The molecule has 2 atom stereocenters. The normalized spacial score (nSPS) is 22.6. The van der Waals surface area contributed by atoms with Crippen LogP contribution in [0, 0.1) is 0 Å². The van der Waals surface area contributed by atoms with Gasteiger partial charge in [0.25, 0.3) is 0 Å². The van der Waals surface area contributed by atoms with E-state index in [-0.39, 0.29) is 18.0 Å². The minimum Gasteiger partial charge on any atom is -0.343 e. The molecule has 0 radical (unpaired) electrons. The van der Waals surface area contributed by atoms with Crippen molar-refractivity contribution in [1.82, 2.24) is 9.80 Å². The zero-order valence-electron chi connectivity index (χ0n) is 12.8. The first-order chi connectivity index (χ1) is 9.35. The Kier molecular flexibility index (Phi) is 4.16. The summed E-state index contributed by atoms with van der Waals surface area (Å²) >= 11 is 0. The van der Waals surface area contributed by atoms with E-state index in [0.29, 0.717) is 0 Å². The molecule has 4 heteroatoms. The summed E-state index contributed by atoms with van der Waals surface area (Å²) in [5.41, 5.74) is 6.88. The molecule has 1 aromatic rings. The quantitative estimate of drug-likeness (QED) is 0.912. The van der Waals surface area contributed by atoms with E-state index >= 15 is 0 Å². The Balaban J connectivity index is 2.38. The molecule has 1 aliphatic rings. The molecule has 0 spiro atoms. The molecule has 0 aliphatic carbocycles. The number of carbonyl (C=O) groups is 1. The third-order valence-corrected chi connectivity index (χ3v) is 4.24. The first-order valence-electron chi connectivity index (χ1n) is 7.18. The van der Waals surface area contributed by atoms with Gasteiger partial charge in [0.2, 0.25) is 5.91 Å². The molecular weight excluding hydrogens is 250 g/mol. The molecule has 0 aromatic heterocycles. The smallest absolute Gasteiger partial charge is 0.242 e. The average molecular weight is 275 g/mol. The fourth-order valence-corrected chi connectivity index (χ4v) is 3.13. The van der Waals surface area contributed by atoms with Crippen LogP contribution in [0.3, 0.4) is 0 Å². The second-order valence-corrected chi connectivity index (χ2v) is 6.19. The van der Waals surface area contributed by atoms with Gasteiger partial charge in [-0.2, -0.15) is 0 Å². The zero-order valence-corrected chi connectivity index (χ0v) is 12.8. The predicted molar refractivity (Wildman–Crippen MR) is 81.3 cm³/mol. The van der Waals surface area contributed by atoms with Gasteiger partial charge < -0.3 is 10.6 Å². The van der Waals surface area contributed by atoms with Crippen molar-refractivity contribution < 1.29 is 4.79 Å². The molecule has 2 N–H and O–H groups in total. The molecule has 2 unspecified atom stereocenters. The number of nitrogens with zero attached hydrogens (tertiary/aromatic N) is 2. The minimum atomic E-state index is -0.527. The van der Waals surface area contributed by atoms with Gasteiger partial charge in [-0.3, -0.25) is 9.69 Å². The van der Waals surface area contributed by atoms with Gasteiger partial charge in [0, 0.05) is 26.2 Å². The fourth-order valence-electron chi connectivity index (χ4n) is 3.13. The van der Waals surface area contributed by atoms with Crippen LogP contribution in [0.4, 0.5) is 0 Å². The third-order valence-electron chi connectivity index (χ3n) is 4.24. The van der Waals surface area contributed by atoms with Crippen molar-refractivity contribution in [1.29, 1.82) is 0 Å². The van der Waals surface area contributed by atoms with E-state index in [1.54, 1.807) is 4.90 Å². The molecule has 1 fully saturated rings. The summed E-state index contributed by atoms with van der Waals surface area (Å²) < 4.78 is 0. The van der Waals surface area contributed by atoms with Crippen LogP contribution in [0.25, 0.3) is 0 Å². The maximum atomic E-state index is 12.5. The molecule has 1 heterocycles. The van der Waals surface area contributed by atoms with Crippen LogP contribution in [0.5, 0.6) is 0 Å². The molecule has 0 bridgehead atoms. The predicted octanol–water partition coefficient (Wildman–Crippen LogP) is 1.63. The van der Waals surface area contributed by atoms with Crippen LogP contribution in [0.15, 0.2) is 30.3 Å². The Hall–Kier alpha value is -1.39. The van der Waals surface area contributed by atoms with Crippen molar-refractivity contribution in [2.24, 2.45) is 5.73 Å². The third kappa shape index (κ3) is 2.58. The number of amides is 1. The van der Waals surface area contributed by atoms with Gasteiger partial charge in [-0.15, -0.1) is 0 Å². The van der Waals surface area contributed by atoms with E-state index in [1.165, 1.54) is 5.56 Å². The Bertz CT molecular complexity index is 470. The number of likely N-dealkylation sites (N-methyl/N-ethyl adjacent to an activating group) is 1. The van der Waals surface area contributed by atoms with Crippen LogP contribution in [0.2, 0.25) is 0 Å². The van der Waals surface area contributed by atoms with Gasteiger partial charge in [-0.25, -0.2) is 0 Å². The maximum Gasteiger partial charge on any atom is 0.242 e. The lowest BCUT2D eigenvalue weighted by atomic mass is 9.90. The van der Waals surface area contributed by atoms with E-state index in [2.05, 4.69) is 17.0 Å². The van der Waals surface area contributed by atoms with Gasteiger partial charge >= 0.3 is 0 Å². The number of nitrogens with two attached hydrogens (primary N) is 1. The van der Waals surface area contributed by atoms with E-state index in [9.17, 15) is 4.79 Å². The molecular formula is C16H25N3O. The summed E-state index contributed by atoms with van der Waals surface area (Å²) in [6.07, 6.45) is 0. The van der Waals surface area contributed by atoms with Crippen molar-refractivity contribution in [3.8, 4) is 0 Å². The molecule has 2 rings (SSSR count). The number of rotatable bonds is 3. The van der Waals surface area contributed by atoms with E-state index < -0.39 is 5.54 Å². The summed E-state index contributed by atoms with van der Waals surface area (Å²) in [4.78, 5) is 16.5. The van der Waals surface area contributed by atoms with Crippen LogP contribution >= 0.6 is 0 Å². The second kappa shape index (κ2) is 5.54. The lowest BCUT2D eigenvalue weighted by Gasteiger charge is -2.49. The van der Waals surface area contributed by atoms with Gasteiger partial charge in [0.05, 0.1) is 11.6 Å². The number of piperazine rings is 1. The van der Waals surface area contributed by atoms with Crippen LogP contribution in [-0.2, 0) is 4.79 Å². The van der Waals surface area contributed by atoms with Gasteiger partial charge in [-0.1, -0.05) is 30.3 Å². The highest BCUT2D eigenvalue weighted by atomic mass is 16.2. The Morgan fingerprint density at radius 3 is 2.35 bits per heavy atom. The Labute approximate surface area is 121 Å². The summed E-state index contributed by atoms with van der Waals surface area (Å²) in [5, 5.41) is 0. The highest BCUT2D eigenvalue weighted by Crippen LogP contribution is 2.33. The van der Waals surface area contributed by atoms with Gasteiger partial charge in [-0.05, 0) is 26.3 Å². The van der Waals surface area contributed by atoms with E-state index in [0.717, 1.165) is 13.1 Å². The van der Waals surface area contributed by atoms with Gasteiger partial charge in [0.15, 0.2) is 0 Å². The van der Waals surface area contributed by atoms with Crippen molar-refractivity contribution >= 4 is 5.91 Å². The van der Waals surface area contributed by atoms with Crippen molar-refractivity contribution in [3.63, 3.8) is 0 Å². The molecule has 1 saturated heterocycles. The number of hydrogen-bond donors (Lipinski definition) is 1. The highest BCUT2D eigenvalue weighted by Gasteiger charge is 2.44. The Morgan fingerprint density at radius 2 is 1.80 bits per heavy atom. The molecule has 110 valence electrons. The molecule has 20 heavy (non-hydrogen) atoms. The fraction of sp³-hybridized carbons (Fsp3) is 0.562. The molecule has 4 nitrogen and oxygen atoms in total. The minimum absolute atomic E-state index is 0.0344. The summed E-state index contributed by atoms with van der Waals surface area (Å²) in [6.45, 7) is 7.58. The van der Waals surface area contributed by atoms with Crippen molar-refractivity contribution in [2.45, 2.75) is 38.4 Å².